The summed E-state index contributed by atoms with van der Waals surface area (Å²) in [5.74, 6) is 2.76. The van der Waals surface area contributed by atoms with Gasteiger partial charge in [-0.15, -0.1) is 5.10 Å². The van der Waals surface area contributed by atoms with Crippen molar-refractivity contribution >= 4 is 23.3 Å². The van der Waals surface area contributed by atoms with Gasteiger partial charge in [0, 0.05) is 30.4 Å². The predicted molar refractivity (Wildman–Crippen MR) is 126 cm³/mol. The van der Waals surface area contributed by atoms with Crippen molar-refractivity contribution in [2.45, 2.75) is 36.6 Å². The number of rotatable bonds is 6. The van der Waals surface area contributed by atoms with Gasteiger partial charge in [0.05, 0.1) is 25.5 Å². The average molecular weight is 461 g/mol. The lowest BCUT2D eigenvalue weighted by Crippen LogP contribution is -2.21. The SMILES string of the molecule is COc1ccc([C@H]2CC(=O)c3cn4nc(SCc5ccccc5C)nc4nc3C2)c(OC)c1. The van der Waals surface area contributed by atoms with Crippen LogP contribution in [-0.2, 0) is 12.2 Å². The van der Waals surface area contributed by atoms with Gasteiger partial charge in [0.15, 0.2) is 5.78 Å². The molecule has 0 fully saturated rings. The van der Waals surface area contributed by atoms with Crippen LogP contribution in [0.25, 0.3) is 5.78 Å². The van der Waals surface area contributed by atoms with Crippen LogP contribution in [0.1, 0.15) is 45.1 Å². The molecule has 4 aromatic rings. The molecule has 0 saturated heterocycles. The van der Waals surface area contributed by atoms with Gasteiger partial charge in [-0.1, -0.05) is 42.1 Å². The molecule has 0 amide bonds. The Bertz CT molecular complexity index is 1350. The Kier molecular flexibility index (Phi) is 5.76. The van der Waals surface area contributed by atoms with E-state index in [1.54, 1.807) is 36.7 Å². The van der Waals surface area contributed by atoms with Crippen LogP contribution in [0, 0.1) is 6.92 Å². The normalized spacial score (nSPS) is 15.5. The third kappa shape index (κ3) is 4.18. The molecule has 33 heavy (non-hydrogen) atoms. The second-order valence-electron chi connectivity index (χ2n) is 8.09. The molecule has 2 aromatic heterocycles. The number of benzene rings is 2. The first-order valence-corrected chi connectivity index (χ1v) is 11.7. The Hall–Kier alpha value is -3.39. The van der Waals surface area contributed by atoms with E-state index in [9.17, 15) is 4.79 Å². The second-order valence-corrected chi connectivity index (χ2v) is 9.03. The number of carbonyl (C=O) groups is 1. The van der Waals surface area contributed by atoms with Crippen LogP contribution in [0.2, 0.25) is 0 Å². The minimum Gasteiger partial charge on any atom is -0.497 e. The van der Waals surface area contributed by atoms with Crippen LogP contribution in [0.5, 0.6) is 11.5 Å². The zero-order chi connectivity index (χ0) is 22.9. The second kappa shape index (κ2) is 8.86. The molecule has 0 radical (unpaired) electrons. The number of hydrogen-bond donors (Lipinski definition) is 0. The lowest BCUT2D eigenvalue weighted by atomic mass is 9.82. The quantitative estimate of drug-likeness (QED) is 0.387. The van der Waals surface area contributed by atoms with Crippen molar-refractivity contribution in [2.24, 2.45) is 0 Å². The fourth-order valence-corrected chi connectivity index (χ4v) is 5.12. The number of nitrogens with zero attached hydrogens (tertiary/aromatic N) is 4. The summed E-state index contributed by atoms with van der Waals surface area (Å²) < 4.78 is 12.5. The minimum absolute atomic E-state index is 0.0152. The molecule has 1 atom stereocenters. The molecule has 2 heterocycles. The smallest absolute Gasteiger partial charge is 0.253 e. The highest BCUT2D eigenvalue weighted by Gasteiger charge is 2.30. The lowest BCUT2D eigenvalue weighted by molar-refractivity contribution is 0.0962. The largest absolute Gasteiger partial charge is 0.497 e. The average Bonchev–Trinajstić information content (AvgIpc) is 3.23. The zero-order valence-corrected chi connectivity index (χ0v) is 19.6. The zero-order valence-electron chi connectivity index (χ0n) is 18.7. The third-order valence-electron chi connectivity index (χ3n) is 6.06. The fourth-order valence-electron chi connectivity index (χ4n) is 4.22. The van der Waals surface area contributed by atoms with E-state index in [1.807, 2.05) is 30.3 Å². The summed E-state index contributed by atoms with van der Waals surface area (Å²) in [6.45, 7) is 2.10. The van der Waals surface area contributed by atoms with Gasteiger partial charge >= 0.3 is 0 Å². The first kappa shape index (κ1) is 21.5. The maximum absolute atomic E-state index is 13.0. The number of fused-ring (bicyclic) bond motifs is 2. The maximum Gasteiger partial charge on any atom is 0.253 e. The highest BCUT2D eigenvalue weighted by molar-refractivity contribution is 7.98. The number of ether oxygens (including phenoxy) is 2. The summed E-state index contributed by atoms with van der Waals surface area (Å²) in [6.07, 6.45) is 2.80. The summed E-state index contributed by atoms with van der Waals surface area (Å²) in [6, 6.07) is 14.0. The molecule has 1 aliphatic rings. The molecule has 8 heteroatoms. The van der Waals surface area contributed by atoms with Crippen molar-refractivity contribution in [1.29, 1.82) is 0 Å². The van der Waals surface area contributed by atoms with Crippen molar-refractivity contribution in [1.82, 2.24) is 19.6 Å². The Morgan fingerprint density at radius 1 is 1.09 bits per heavy atom. The van der Waals surface area contributed by atoms with Gasteiger partial charge in [-0.05, 0) is 36.1 Å². The Balaban J connectivity index is 1.42. The van der Waals surface area contributed by atoms with E-state index in [0.29, 0.717) is 35.1 Å². The topological polar surface area (TPSA) is 78.6 Å². The van der Waals surface area contributed by atoms with Gasteiger partial charge in [-0.3, -0.25) is 4.79 Å². The lowest BCUT2D eigenvalue weighted by Gasteiger charge is -2.24. The molecule has 0 aliphatic heterocycles. The minimum atomic E-state index is -0.0152. The number of methoxy groups -OCH3 is 2. The molecule has 1 aliphatic carbocycles. The van der Waals surface area contributed by atoms with Crippen molar-refractivity contribution in [2.75, 3.05) is 14.2 Å². The molecule has 0 unspecified atom stereocenters. The van der Waals surface area contributed by atoms with E-state index in [2.05, 4.69) is 29.1 Å². The fraction of sp³-hybridized carbons (Fsp3) is 0.280. The molecular weight excluding hydrogens is 436 g/mol. The van der Waals surface area contributed by atoms with Gasteiger partial charge < -0.3 is 9.47 Å². The number of aromatic nitrogens is 4. The van der Waals surface area contributed by atoms with E-state index >= 15 is 0 Å². The van der Waals surface area contributed by atoms with Crippen LogP contribution < -0.4 is 9.47 Å². The van der Waals surface area contributed by atoms with E-state index in [-0.39, 0.29) is 11.7 Å². The molecule has 7 nitrogen and oxygen atoms in total. The number of carbonyl (C=O) groups excluding carboxylic acids is 1. The Morgan fingerprint density at radius 2 is 1.94 bits per heavy atom. The molecule has 0 saturated carbocycles. The van der Waals surface area contributed by atoms with Crippen LogP contribution in [0.15, 0.2) is 53.8 Å². The van der Waals surface area contributed by atoms with Gasteiger partial charge in [0.2, 0.25) is 5.16 Å². The van der Waals surface area contributed by atoms with Gasteiger partial charge in [0.1, 0.15) is 11.5 Å². The number of aryl methyl sites for hydroxylation is 1. The van der Waals surface area contributed by atoms with Crippen LogP contribution in [0.4, 0.5) is 0 Å². The summed E-state index contributed by atoms with van der Waals surface area (Å²) in [5, 5.41) is 5.19. The van der Waals surface area contributed by atoms with Crippen molar-refractivity contribution in [3.8, 4) is 11.5 Å². The monoisotopic (exact) mass is 460 g/mol. The molecule has 0 bridgehead atoms. The summed E-state index contributed by atoms with van der Waals surface area (Å²) >= 11 is 1.57. The summed E-state index contributed by atoms with van der Waals surface area (Å²) in [5.41, 5.74) is 4.85. The third-order valence-corrected chi connectivity index (χ3v) is 6.95. The van der Waals surface area contributed by atoms with E-state index in [0.717, 1.165) is 22.8 Å². The molecule has 168 valence electrons. The molecule has 2 aromatic carbocycles. The van der Waals surface area contributed by atoms with Crippen molar-refractivity contribution < 1.29 is 14.3 Å². The number of ketones is 1. The first-order valence-electron chi connectivity index (χ1n) is 10.7. The van der Waals surface area contributed by atoms with Crippen molar-refractivity contribution in [3.63, 3.8) is 0 Å². The highest BCUT2D eigenvalue weighted by atomic mass is 32.2. The van der Waals surface area contributed by atoms with E-state index in [4.69, 9.17) is 14.5 Å². The van der Waals surface area contributed by atoms with Gasteiger partial charge in [-0.2, -0.15) is 4.98 Å². The number of hydrogen-bond acceptors (Lipinski definition) is 7. The number of Topliss-reactive ketones (excluding diaryl/α,β-unsaturated/α-hetero) is 1. The van der Waals surface area contributed by atoms with Gasteiger partial charge in [0.25, 0.3) is 5.78 Å². The van der Waals surface area contributed by atoms with Crippen LogP contribution in [-0.4, -0.2) is 39.6 Å². The Labute approximate surface area is 196 Å². The van der Waals surface area contributed by atoms with Crippen LogP contribution in [0.3, 0.4) is 0 Å². The molecule has 0 spiro atoms. The number of thioether (sulfide) groups is 1. The predicted octanol–water partition coefficient (Wildman–Crippen LogP) is 4.65. The summed E-state index contributed by atoms with van der Waals surface area (Å²) in [4.78, 5) is 22.3. The van der Waals surface area contributed by atoms with Gasteiger partial charge in [-0.25, -0.2) is 9.50 Å². The highest BCUT2D eigenvalue weighted by Crippen LogP contribution is 2.38. The van der Waals surface area contributed by atoms with E-state index < -0.39 is 0 Å². The standard InChI is InChI=1S/C25H24N4O3S/c1-15-6-4-5-7-16(15)14-33-25-27-24-26-21-10-17(11-22(30)20(21)13-29(24)28-25)19-9-8-18(31-2)12-23(19)32-3/h4-9,12-13,17H,10-11,14H2,1-3H3/t17-/m1/s1. The van der Waals surface area contributed by atoms with Crippen molar-refractivity contribution in [3.05, 3.63) is 76.6 Å². The maximum atomic E-state index is 13.0. The molecule has 0 N–H and O–H groups in total. The summed E-state index contributed by atoms with van der Waals surface area (Å²) in [7, 11) is 3.25. The van der Waals surface area contributed by atoms with Crippen LogP contribution >= 0.6 is 11.8 Å². The first-order chi connectivity index (χ1) is 16.1. The molecular formula is C25H24N4O3S. The van der Waals surface area contributed by atoms with E-state index in [1.165, 1.54) is 11.1 Å². The molecule has 5 rings (SSSR count). The Morgan fingerprint density at radius 3 is 2.73 bits per heavy atom.